The molecule has 0 spiro atoms. The molecule has 0 bridgehead atoms. The van der Waals surface area contributed by atoms with E-state index >= 15 is 0 Å². The molecule has 212 valence electrons. The molecule has 2 amide bonds. The fourth-order valence-corrected chi connectivity index (χ4v) is 6.14. The standard InChI is InChI=1S/C29H32N2O7S2/c1-21-12-16-28(3,17-13-21)39(33,34)37-24-9-7-8-23(20-24)30-27(32)31-25-10-5-6-11-26(25)38-40(35,36)29(4)18-14-22(2)15-19-29/h5-16,18,20H,17,19H2,1-4H3,(H2,30,31,32). The molecule has 9 nitrogen and oxygen atoms in total. The second-order valence-corrected chi connectivity index (χ2v) is 14.3. The van der Waals surface area contributed by atoms with Gasteiger partial charge in [0, 0.05) is 11.8 Å². The van der Waals surface area contributed by atoms with Gasteiger partial charge in [-0.3, -0.25) is 0 Å². The fraction of sp³-hybridized carbons (Fsp3) is 0.276. The largest absolute Gasteiger partial charge is 0.382 e. The number of para-hydroxylation sites is 2. The minimum absolute atomic E-state index is 0.0339. The van der Waals surface area contributed by atoms with Crippen LogP contribution in [0.2, 0.25) is 0 Å². The number of allylic oxidation sites excluding steroid dienone is 6. The van der Waals surface area contributed by atoms with E-state index in [0.717, 1.165) is 11.1 Å². The van der Waals surface area contributed by atoms with Crippen LogP contribution in [0.5, 0.6) is 11.5 Å². The minimum Gasteiger partial charge on any atom is -0.382 e. The minimum atomic E-state index is -4.10. The monoisotopic (exact) mass is 584 g/mol. The Bertz CT molecular complexity index is 1660. The van der Waals surface area contributed by atoms with Crippen LogP contribution in [-0.2, 0) is 20.2 Å². The van der Waals surface area contributed by atoms with E-state index < -0.39 is 35.8 Å². The van der Waals surface area contributed by atoms with E-state index in [-0.39, 0.29) is 35.7 Å². The highest BCUT2D eigenvalue weighted by molar-refractivity contribution is 7.89. The normalized spacial score (nSPS) is 22.6. The van der Waals surface area contributed by atoms with Gasteiger partial charge < -0.3 is 19.0 Å². The molecule has 0 fully saturated rings. The third kappa shape index (κ3) is 6.31. The van der Waals surface area contributed by atoms with Gasteiger partial charge in [0.05, 0.1) is 5.69 Å². The molecule has 40 heavy (non-hydrogen) atoms. The van der Waals surface area contributed by atoms with Crippen molar-refractivity contribution in [1.82, 2.24) is 0 Å². The summed E-state index contributed by atoms with van der Waals surface area (Å²) in [4.78, 5) is 12.8. The Balaban J connectivity index is 1.45. The first-order valence-electron chi connectivity index (χ1n) is 12.6. The third-order valence-electron chi connectivity index (χ3n) is 6.83. The summed E-state index contributed by atoms with van der Waals surface area (Å²) in [5.41, 5.74) is 2.33. The van der Waals surface area contributed by atoms with E-state index in [2.05, 4.69) is 10.6 Å². The van der Waals surface area contributed by atoms with Crippen LogP contribution < -0.4 is 19.0 Å². The molecule has 2 aliphatic carbocycles. The van der Waals surface area contributed by atoms with Crippen molar-refractivity contribution in [2.75, 3.05) is 10.6 Å². The highest BCUT2D eigenvalue weighted by Crippen LogP contribution is 2.35. The first-order valence-corrected chi connectivity index (χ1v) is 15.4. The summed E-state index contributed by atoms with van der Waals surface area (Å²) in [5, 5.41) is 5.19. The summed E-state index contributed by atoms with van der Waals surface area (Å²) in [6, 6.07) is 11.4. The molecular weight excluding hydrogens is 552 g/mol. The zero-order valence-corrected chi connectivity index (χ0v) is 24.3. The first kappa shape index (κ1) is 29.2. The van der Waals surface area contributed by atoms with Gasteiger partial charge in [0.2, 0.25) is 0 Å². The average molecular weight is 585 g/mol. The number of nitrogens with one attached hydrogen (secondary N) is 2. The molecule has 2 unspecified atom stereocenters. The van der Waals surface area contributed by atoms with Gasteiger partial charge in [-0.2, -0.15) is 16.8 Å². The van der Waals surface area contributed by atoms with E-state index in [1.165, 1.54) is 24.3 Å². The second kappa shape index (κ2) is 11.0. The van der Waals surface area contributed by atoms with Crippen LogP contribution in [0, 0.1) is 0 Å². The van der Waals surface area contributed by atoms with Crippen molar-refractivity contribution in [2.24, 2.45) is 0 Å². The van der Waals surface area contributed by atoms with Gasteiger partial charge in [0.25, 0.3) is 0 Å². The number of benzene rings is 2. The van der Waals surface area contributed by atoms with Crippen molar-refractivity contribution in [3.05, 3.63) is 96.1 Å². The number of urea groups is 1. The molecule has 0 saturated carbocycles. The number of carbonyl (C=O) groups is 1. The van der Waals surface area contributed by atoms with Crippen LogP contribution >= 0.6 is 0 Å². The van der Waals surface area contributed by atoms with Gasteiger partial charge in [-0.1, -0.05) is 65.8 Å². The fourth-order valence-electron chi connectivity index (χ4n) is 3.97. The summed E-state index contributed by atoms with van der Waals surface area (Å²) in [7, 11) is -8.14. The van der Waals surface area contributed by atoms with E-state index in [0.29, 0.717) is 0 Å². The molecule has 2 aromatic rings. The van der Waals surface area contributed by atoms with Crippen LogP contribution in [0.1, 0.15) is 40.5 Å². The van der Waals surface area contributed by atoms with E-state index in [9.17, 15) is 21.6 Å². The van der Waals surface area contributed by atoms with Crippen LogP contribution in [0.3, 0.4) is 0 Å². The first-order chi connectivity index (χ1) is 18.7. The number of hydrogen-bond acceptors (Lipinski definition) is 7. The Hall–Kier alpha value is -3.83. The lowest BCUT2D eigenvalue weighted by Gasteiger charge is -2.27. The van der Waals surface area contributed by atoms with Crippen LogP contribution in [0.4, 0.5) is 16.2 Å². The molecule has 2 atom stereocenters. The van der Waals surface area contributed by atoms with Gasteiger partial charge in [0.1, 0.15) is 15.2 Å². The van der Waals surface area contributed by atoms with Crippen molar-refractivity contribution in [1.29, 1.82) is 0 Å². The van der Waals surface area contributed by atoms with Crippen LogP contribution in [0.15, 0.2) is 96.1 Å². The van der Waals surface area contributed by atoms with Crippen LogP contribution in [-0.4, -0.2) is 32.4 Å². The molecule has 2 aromatic carbocycles. The number of rotatable bonds is 8. The number of anilines is 2. The smallest absolute Gasteiger partial charge is 0.323 e. The van der Waals surface area contributed by atoms with Crippen molar-refractivity contribution >= 4 is 37.6 Å². The number of carbonyl (C=O) groups excluding carboxylic acids is 1. The molecular formula is C29H32N2O7S2. The molecule has 0 radical (unpaired) electrons. The van der Waals surface area contributed by atoms with Gasteiger partial charge in [-0.25, -0.2) is 4.79 Å². The molecule has 0 aromatic heterocycles. The zero-order valence-electron chi connectivity index (χ0n) is 22.7. The van der Waals surface area contributed by atoms with E-state index in [4.69, 9.17) is 8.37 Å². The number of amides is 2. The predicted molar refractivity (Wildman–Crippen MR) is 156 cm³/mol. The highest BCUT2D eigenvalue weighted by Gasteiger charge is 2.40. The van der Waals surface area contributed by atoms with E-state index in [1.807, 2.05) is 26.0 Å². The van der Waals surface area contributed by atoms with E-state index in [1.54, 1.807) is 62.4 Å². The summed E-state index contributed by atoms with van der Waals surface area (Å²) in [6.07, 6.45) is 10.9. The molecule has 4 rings (SSSR count). The van der Waals surface area contributed by atoms with Crippen molar-refractivity contribution in [2.45, 2.75) is 50.0 Å². The summed E-state index contributed by atoms with van der Waals surface area (Å²) < 4.78 is 60.6. The molecule has 0 aliphatic heterocycles. The Morgan fingerprint density at radius 1 is 0.775 bits per heavy atom. The molecule has 0 heterocycles. The van der Waals surface area contributed by atoms with Gasteiger partial charge in [-0.15, -0.1) is 0 Å². The Morgan fingerprint density at radius 3 is 1.93 bits per heavy atom. The highest BCUT2D eigenvalue weighted by atomic mass is 32.2. The quantitative estimate of drug-likeness (QED) is 0.360. The van der Waals surface area contributed by atoms with Crippen molar-refractivity contribution < 1.29 is 30.0 Å². The lowest BCUT2D eigenvalue weighted by atomic mass is 9.98. The SMILES string of the molecule is CC1=CCC(C)(S(=O)(=O)Oc2cccc(NC(=O)Nc3ccccc3OS(=O)(=O)C3(C)C=CC(C)=CC3)c2)C=C1. The second-order valence-electron chi connectivity index (χ2n) is 10.3. The maximum atomic E-state index is 13.1. The van der Waals surface area contributed by atoms with Crippen molar-refractivity contribution in [3.8, 4) is 11.5 Å². The molecule has 0 saturated heterocycles. The Morgan fingerprint density at radius 2 is 1.35 bits per heavy atom. The topological polar surface area (TPSA) is 128 Å². The third-order valence-corrected chi connectivity index (χ3v) is 10.5. The maximum Gasteiger partial charge on any atom is 0.323 e. The summed E-state index contributed by atoms with van der Waals surface area (Å²) in [6.45, 7) is 6.93. The average Bonchev–Trinajstić information content (AvgIpc) is 2.88. The van der Waals surface area contributed by atoms with Gasteiger partial charge >= 0.3 is 26.3 Å². The lowest BCUT2D eigenvalue weighted by molar-refractivity contribution is 0.262. The summed E-state index contributed by atoms with van der Waals surface area (Å²) in [5.74, 6) is -0.00797. The molecule has 2 N–H and O–H groups in total. The van der Waals surface area contributed by atoms with Crippen molar-refractivity contribution in [3.63, 3.8) is 0 Å². The molecule has 11 heteroatoms. The maximum absolute atomic E-state index is 13.1. The van der Waals surface area contributed by atoms with Gasteiger partial charge in [0.15, 0.2) is 5.75 Å². The zero-order chi connectivity index (χ0) is 29.2. The summed E-state index contributed by atoms with van der Waals surface area (Å²) >= 11 is 0. The van der Waals surface area contributed by atoms with Crippen LogP contribution in [0.25, 0.3) is 0 Å². The molecule has 2 aliphatic rings. The Kier molecular flexibility index (Phi) is 8.00. The predicted octanol–water partition coefficient (Wildman–Crippen LogP) is 6.08. The number of hydrogen-bond donors (Lipinski definition) is 2. The lowest BCUT2D eigenvalue weighted by Crippen LogP contribution is -2.37. The van der Waals surface area contributed by atoms with Gasteiger partial charge in [-0.05, 0) is 64.8 Å². The Labute approximate surface area is 235 Å².